The number of nitrogens with one attached hydrogen (secondary N) is 1. The smallest absolute Gasteiger partial charge is 0.269 e. The number of halogens is 2. The third-order valence-corrected chi connectivity index (χ3v) is 6.66. The molecule has 12 heteroatoms. The Morgan fingerprint density at radius 1 is 1.44 bits per heavy atom. The number of hydrogen-bond acceptors (Lipinski definition) is 7. The zero-order chi connectivity index (χ0) is 30.3. The van der Waals surface area contributed by atoms with E-state index in [1.807, 2.05) is 0 Å². The number of rotatable bonds is 5. The van der Waals surface area contributed by atoms with Crippen LogP contribution in [0.3, 0.4) is 0 Å². The Morgan fingerprint density at radius 2 is 2.16 bits per heavy atom. The van der Waals surface area contributed by atoms with E-state index in [1.165, 1.54) is 6.92 Å². The Bertz CT molecular complexity index is 1480. The topological polar surface area (TPSA) is 117 Å². The second-order valence-electron chi connectivity index (χ2n) is 7.99. The summed E-state index contributed by atoms with van der Waals surface area (Å²) < 4.78 is 116. The molecule has 0 radical (unpaired) electrons. The molecule has 0 spiro atoms. The molecule has 3 heterocycles. The van der Waals surface area contributed by atoms with Crippen LogP contribution in [0.5, 0.6) is 0 Å². The van der Waals surface area contributed by atoms with Crippen LogP contribution in [0.4, 0.5) is 14.7 Å². The molecule has 0 aromatic carbocycles. The molecule has 0 bridgehead atoms. The van der Waals surface area contributed by atoms with E-state index in [1.54, 1.807) is 0 Å². The number of aliphatic hydroxyl groups is 1. The number of fused-ring (bicyclic) bond motifs is 1. The van der Waals surface area contributed by atoms with E-state index in [2.05, 4.69) is 15.3 Å². The summed E-state index contributed by atoms with van der Waals surface area (Å²) in [7, 11) is -5.06. The maximum absolute atomic E-state index is 14.0. The lowest BCUT2D eigenvalue weighted by molar-refractivity contribution is 0.0261. The van der Waals surface area contributed by atoms with Crippen molar-refractivity contribution in [1.29, 1.82) is 0 Å². The van der Waals surface area contributed by atoms with Crippen LogP contribution in [-0.4, -0.2) is 63.3 Å². The van der Waals surface area contributed by atoms with Gasteiger partial charge >= 0.3 is 0 Å². The Balaban J connectivity index is 1.80. The number of pyridine rings is 1. The molecule has 1 saturated carbocycles. The molecule has 2 aromatic rings. The van der Waals surface area contributed by atoms with E-state index < -0.39 is 83.2 Å². The Hall–Kier alpha value is -2.18. The van der Waals surface area contributed by atoms with Gasteiger partial charge in [0, 0.05) is 40.3 Å². The molecular weight excluding hydrogens is 444 g/mol. The van der Waals surface area contributed by atoms with Crippen molar-refractivity contribution >= 4 is 27.0 Å². The molecule has 2 aliphatic rings. The van der Waals surface area contributed by atoms with E-state index in [0.29, 0.717) is 6.42 Å². The summed E-state index contributed by atoms with van der Waals surface area (Å²) in [4.78, 5) is 21.3. The molecule has 32 heavy (non-hydrogen) atoms. The highest BCUT2D eigenvalue weighted by atomic mass is 32.2. The van der Waals surface area contributed by atoms with Crippen molar-refractivity contribution in [1.82, 2.24) is 18.8 Å². The third kappa shape index (κ3) is 4.35. The SMILES string of the molecule is [2H]C(F)(F)c1cc2cnc(NC3C([2H])([2H])CN(S(=O)(=O)C([2H])([2H])[2H])CC3([2H])[2H])nc2n([C@H]2CCC[C@]2(C)O)c1=O. The fraction of sp³-hybridized carbons (Fsp3) is 0.650. The van der Waals surface area contributed by atoms with Gasteiger partial charge in [0.25, 0.3) is 12.0 Å². The number of hydrogen-bond donors (Lipinski definition) is 2. The second kappa shape index (κ2) is 8.31. The number of nitrogens with zero attached hydrogens (tertiary/aromatic N) is 4. The van der Waals surface area contributed by atoms with Gasteiger partial charge in [-0.05, 0) is 45.0 Å². The Labute approximate surface area is 195 Å². The molecule has 2 fully saturated rings. The summed E-state index contributed by atoms with van der Waals surface area (Å²) in [5.74, 6) is -0.437. The number of alkyl halides is 2. The molecule has 9 nitrogen and oxygen atoms in total. The van der Waals surface area contributed by atoms with Gasteiger partial charge in [-0.3, -0.25) is 9.36 Å². The molecule has 1 aliphatic heterocycles. The van der Waals surface area contributed by atoms with Gasteiger partial charge in [0.05, 0.1) is 23.4 Å². The first kappa shape index (κ1) is 14.9. The molecule has 176 valence electrons. The standard InChI is InChI=1S/C20H27F2N5O4S/c1-20(29)7-3-4-15(20)27-17-12(10-14(16(21)22)18(27)28)11-23-19(25-17)24-13-5-8-26(9-6-13)32(2,30)31/h10-11,13,15-16,29H,3-9H2,1-2H3,(H,23,24,25)/t15-,20-/m0/s1/i2D3,5D2,6D2,16D. The maximum atomic E-state index is 14.0. The predicted octanol–water partition coefficient (Wildman–Crippen LogP) is 2.04. The Kier molecular flexibility index (Phi) is 3.86. The van der Waals surface area contributed by atoms with Gasteiger partial charge in [-0.2, -0.15) is 4.98 Å². The van der Waals surface area contributed by atoms with Crippen LogP contribution in [-0.2, 0) is 10.0 Å². The lowest BCUT2D eigenvalue weighted by atomic mass is 9.99. The van der Waals surface area contributed by atoms with Crippen LogP contribution in [0.2, 0.25) is 0 Å². The maximum Gasteiger partial charge on any atom is 0.269 e. The van der Waals surface area contributed by atoms with Crippen molar-refractivity contribution in [3.05, 3.63) is 28.2 Å². The summed E-state index contributed by atoms with van der Waals surface area (Å²) in [6.07, 6.45) is -11.2. The van der Waals surface area contributed by atoms with Gasteiger partial charge < -0.3 is 10.4 Å². The van der Waals surface area contributed by atoms with Gasteiger partial charge in [-0.15, -0.1) is 0 Å². The van der Waals surface area contributed by atoms with Crippen LogP contribution in [0.25, 0.3) is 11.0 Å². The van der Waals surface area contributed by atoms with Crippen molar-refractivity contribution in [2.24, 2.45) is 0 Å². The summed E-state index contributed by atoms with van der Waals surface area (Å²) in [5.41, 5.74) is -4.15. The van der Waals surface area contributed by atoms with Crippen molar-refractivity contribution in [2.45, 2.75) is 63.0 Å². The largest absolute Gasteiger partial charge is 0.388 e. The number of sulfonamides is 1. The minimum Gasteiger partial charge on any atom is -0.388 e. The summed E-state index contributed by atoms with van der Waals surface area (Å²) >= 11 is 0. The first-order valence-corrected chi connectivity index (χ1v) is 11.2. The normalized spacial score (nSPS) is 33.2. The minimum absolute atomic E-state index is 0.0978. The summed E-state index contributed by atoms with van der Waals surface area (Å²) in [6.45, 7) is -0.578. The highest BCUT2D eigenvalue weighted by Gasteiger charge is 2.40. The quantitative estimate of drug-likeness (QED) is 0.674. The molecule has 1 saturated heterocycles. The molecule has 2 N–H and O–H groups in total. The van der Waals surface area contributed by atoms with Gasteiger partial charge in [-0.25, -0.2) is 26.5 Å². The zero-order valence-corrected chi connectivity index (χ0v) is 17.8. The lowest BCUT2D eigenvalue weighted by Gasteiger charge is -2.31. The van der Waals surface area contributed by atoms with Crippen LogP contribution < -0.4 is 10.9 Å². The lowest BCUT2D eigenvalue weighted by Crippen LogP contribution is -2.42. The van der Waals surface area contributed by atoms with Crippen LogP contribution in [0, 0.1) is 0 Å². The van der Waals surface area contributed by atoms with E-state index in [-0.39, 0.29) is 28.2 Å². The van der Waals surface area contributed by atoms with E-state index in [4.69, 9.17) is 11.0 Å². The fourth-order valence-electron chi connectivity index (χ4n) is 4.07. The number of piperidine rings is 1. The van der Waals surface area contributed by atoms with Crippen molar-refractivity contribution in [2.75, 3.05) is 24.6 Å². The van der Waals surface area contributed by atoms with Gasteiger partial charge in [-0.1, -0.05) is 0 Å². The number of aromatic nitrogens is 3. The predicted molar refractivity (Wildman–Crippen MR) is 115 cm³/mol. The fourth-order valence-corrected chi connectivity index (χ4v) is 4.56. The summed E-state index contributed by atoms with van der Waals surface area (Å²) in [6, 6.07) is -2.07. The average Bonchev–Trinajstić information content (AvgIpc) is 3.12. The molecule has 0 amide bonds. The van der Waals surface area contributed by atoms with E-state index in [0.717, 1.165) is 16.8 Å². The molecule has 2 aromatic heterocycles. The van der Waals surface area contributed by atoms with Crippen LogP contribution in [0.15, 0.2) is 17.1 Å². The van der Waals surface area contributed by atoms with Gasteiger partial charge in [0.1, 0.15) is 7.02 Å². The molecular formula is C20H27F2N5O4S. The molecule has 0 unspecified atom stereocenters. The molecule has 1 aliphatic carbocycles. The van der Waals surface area contributed by atoms with Crippen LogP contribution >= 0.6 is 0 Å². The van der Waals surface area contributed by atoms with E-state index >= 15 is 0 Å². The first-order chi connectivity index (χ1) is 18.0. The van der Waals surface area contributed by atoms with Crippen molar-refractivity contribution < 1.29 is 33.3 Å². The van der Waals surface area contributed by atoms with E-state index in [9.17, 15) is 27.1 Å². The zero-order valence-electron chi connectivity index (χ0n) is 25.0. The molecule has 4 rings (SSSR count). The summed E-state index contributed by atoms with van der Waals surface area (Å²) in [5, 5.41) is 13.2. The second-order valence-corrected chi connectivity index (χ2v) is 9.46. The highest BCUT2D eigenvalue weighted by molar-refractivity contribution is 7.88. The van der Waals surface area contributed by atoms with Crippen molar-refractivity contribution in [3.63, 3.8) is 0 Å². The molecule has 2 atom stereocenters. The van der Waals surface area contributed by atoms with Gasteiger partial charge in [0.15, 0.2) is 0 Å². The third-order valence-electron chi connectivity index (χ3n) is 5.72. The average molecular weight is 480 g/mol. The van der Waals surface area contributed by atoms with Crippen LogP contribution in [0.1, 0.15) is 67.9 Å². The van der Waals surface area contributed by atoms with Gasteiger partial charge in [0.2, 0.25) is 16.0 Å². The monoisotopic (exact) mass is 479 g/mol. The minimum atomic E-state index is -5.06. The Morgan fingerprint density at radius 3 is 2.75 bits per heavy atom. The van der Waals surface area contributed by atoms with Crippen molar-refractivity contribution in [3.8, 4) is 0 Å². The first-order valence-electron chi connectivity index (χ1n) is 13.8. The number of anilines is 1. The highest BCUT2D eigenvalue weighted by Crippen LogP contribution is 2.39.